The van der Waals surface area contributed by atoms with Crippen molar-refractivity contribution >= 4 is 0 Å². The van der Waals surface area contributed by atoms with Gasteiger partial charge in [0, 0.05) is 25.3 Å². The molecular formula is C13H23N3. The van der Waals surface area contributed by atoms with Crippen LogP contribution in [-0.4, -0.2) is 15.8 Å². The van der Waals surface area contributed by atoms with Crippen LogP contribution in [0.2, 0.25) is 0 Å². The second kappa shape index (κ2) is 5.00. The maximum Gasteiger partial charge on any atom is 0.0547 e. The highest BCUT2D eigenvalue weighted by molar-refractivity contribution is 5.05. The fourth-order valence-corrected chi connectivity index (χ4v) is 2.88. The molecule has 3 nitrogen and oxygen atoms in total. The van der Waals surface area contributed by atoms with Crippen LogP contribution in [0.1, 0.15) is 51.3 Å². The van der Waals surface area contributed by atoms with E-state index in [1.54, 1.807) is 0 Å². The Balaban J connectivity index is 1.91. The zero-order valence-electron chi connectivity index (χ0n) is 10.6. The predicted octanol–water partition coefficient (Wildman–Crippen LogP) is 2.65. The Hall–Kier alpha value is -0.830. The van der Waals surface area contributed by atoms with Crippen molar-refractivity contribution in [2.24, 2.45) is 13.0 Å². The third-order valence-electron chi connectivity index (χ3n) is 3.92. The van der Waals surface area contributed by atoms with Gasteiger partial charge >= 0.3 is 0 Å². The van der Waals surface area contributed by atoms with Gasteiger partial charge in [0.1, 0.15) is 0 Å². The Morgan fingerprint density at radius 1 is 1.38 bits per heavy atom. The molecule has 0 amide bonds. The van der Waals surface area contributed by atoms with Crippen LogP contribution >= 0.6 is 0 Å². The zero-order valence-corrected chi connectivity index (χ0v) is 10.6. The number of nitrogens with one attached hydrogen (secondary N) is 1. The summed E-state index contributed by atoms with van der Waals surface area (Å²) < 4.78 is 1.96. The Labute approximate surface area is 98.2 Å². The van der Waals surface area contributed by atoms with Crippen LogP contribution in [0.15, 0.2) is 12.3 Å². The van der Waals surface area contributed by atoms with Gasteiger partial charge in [-0.15, -0.1) is 0 Å². The van der Waals surface area contributed by atoms with Crippen LogP contribution in [0.5, 0.6) is 0 Å². The molecule has 2 unspecified atom stereocenters. The van der Waals surface area contributed by atoms with Crippen LogP contribution < -0.4 is 5.32 Å². The lowest BCUT2D eigenvalue weighted by Gasteiger charge is -2.25. The first-order valence-electron chi connectivity index (χ1n) is 6.42. The highest BCUT2D eigenvalue weighted by Crippen LogP contribution is 2.28. The SMILES string of the molecule is CC(NC(C)C1CCCC1)c1ccnn1C. The molecule has 1 fully saturated rings. The molecule has 0 aromatic carbocycles. The molecule has 2 atom stereocenters. The Kier molecular flexibility index (Phi) is 3.64. The number of aromatic nitrogens is 2. The van der Waals surface area contributed by atoms with E-state index in [1.165, 1.54) is 31.4 Å². The monoisotopic (exact) mass is 221 g/mol. The van der Waals surface area contributed by atoms with Gasteiger partial charge in [-0.1, -0.05) is 12.8 Å². The van der Waals surface area contributed by atoms with Gasteiger partial charge in [0.2, 0.25) is 0 Å². The maximum atomic E-state index is 4.22. The average molecular weight is 221 g/mol. The Morgan fingerprint density at radius 2 is 2.06 bits per heavy atom. The van der Waals surface area contributed by atoms with Crippen LogP contribution in [0.3, 0.4) is 0 Å². The lowest BCUT2D eigenvalue weighted by molar-refractivity contribution is 0.346. The molecule has 3 heteroatoms. The first-order valence-corrected chi connectivity index (χ1v) is 6.42. The molecular weight excluding hydrogens is 198 g/mol. The minimum absolute atomic E-state index is 0.392. The normalized spacial score (nSPS) is 21.2. The molecule has 0 spiro atoms. The van der Waals surface area contributed by atoms with E-state index in [2.05, 4.69) is 30.3 Å². The fourth-order valence-electron chi connectivity index (χ4n) is 2.88. The summed E-state index contributed by atoms with van der Waals surface area (Å²) >= 11 is 0. The topological polar surface area (TPSA) is 29.9 Å². The van der Waals surface area contributed by atoms with Crippen LogP contribution in [0.4, 0.5) is 0 Å². The van der Waals surface area contributed by atoms with E-state index in [0.29, 0.717) is 12.1 Å². The van der Waals surface area contributed by atoms with E-state index in [-0.39, 0.29) is 0 Å². The third-order valence-corrected chi connectivity index (χ3v) is 3.92. The molecule has 1 aliphatic rings. The number of aryl methyl sites for hydroxylation is 1. The first-order chi connectivity index (χ1) is 7.68. The molecule has 16 heavy (non-hydrogen) atoms. The predicted molar refractivity (Wildman–Crippen MR) is 66.2 cm³/mol. The third kappa shape index (κ3) is 2.46. The quantitative estimate of drug-likeness (QED) is 0.847. The Morgan fingerprint density at radius 3 is 2.62 bits per heavy atom. The van der Waals surface area contributed by atoms with Crippen molar-refractivity contribution in [1.82, 2.24) is 15.1 Å². The summed E-state index contributed by atoms with van der Waals surface area (Å²) in [5.41, 5.74) is 1.27. The van der Waals surface area contributed by atoms with Crippen molar-refractivity contribution in [3.63, 3.8) is 0 Å². The minimum Gasteiger partial charge on any atom is -0.306 e. The van der Waals surface area contributed by atoms with E-state index in [9.17, 15) is 0 Å². The maximum absolute atomic E-state index is 4.22. The molecule has 1 heterocycles. The standard InChI is InChI=1S/C13H23N3/c1-10(12-6-4-5-7-12)15-11(2)13-8-9-14-16(13)3/h8-12,15H,4-7H2,1-3H3. The minimum atomic E-state index is 0.392. The molecule has 2 rings (SSSR count). The summed E-state index contributed by atoms with van der Waals surface area (Å²) in [7, 11) is 2.01. The summed E-state index contributed by atoms with van der Waals surface area (Å²) in [5, 5.41) is 7.92. The van der Waals surface area contributed by atoms with E-state index < -0.39 is 0 Å². The smallest absolute Gasteiger partial charge is 0.0547 e. The van der Waals surface area contributed by atoms with Crippen molar-refractivity contribution in [3.8, 4) is 0 Å². The van der Waals surface area contributed by atoms with Crippen molar-refractivity contribution in [3.05, 3.63) is 18.0 Å². The molecule has 1 saturated carbocycles. The summed E-state index contributed by atoms with van der Waals surface area (Å²) in [6, 6.07) is 3.11. The zero-order chi connectivity index (χ0) is 11.5. The van der Waals surface area contributed by atoms with Gasteiger partial charge in [-0.25, -0.2) is 0 Å². The largest absolute Gasteiger partial charge is 0.306 e. The highest BCUT2D eigenvalue weighted by atomic mass is 15.3. The molecule has 1 aromatic heterocycles. The molecule has 1 N–H and O–H groups in total. The summed E-state index contributed by atoms with van der Waals surface area (Å²) in [4.78, 5) is 0. The summed E-state index contributed by atoms with van der Waals surface area (Å²) in [6.45, 7) is 4.55. The van der Waals surface area contributed by atoms with Gasteiger partial charge in [0.15, 0.2) is 0 Å². The summed E-state index contributed by atoms with van der Waals surface area (Å²) in [5.74, 6) is 0.871. The van der Waals surface area contributed by atoms with E-state index in [4.69, 9.17) is 0 Å². The number of hydrogen-bond acceptors (Lipinski definition) is 2. The van der Waals surface area contributed by atoms with Gasteiger partial charge in [0.25, 0.3) is 0 Å². The van der Waals surface area contributed by atoms with Crippen molar-refractivity contribution < 1.29 is 0 Å². The number of hydrogen-bond donors (Lipinski definition) is 1. The second-order valence-electron chi connectivity index (χ2n) is 5.10. The average Bonchev–Trinajstić information content (AvgIpc) is 2.86. The fraction of sp³-hybridized carbons (Fsp3) is 0.769. The van der Waals surface area contributed by atoms with Gasteiger partial charge in [-0.3, -0.25) is 4.68 Å². The van der Waals surface area contributed by atoms with Gasteiger partial charge in [-0.2, -0.15) is 5.10 Å². The van der Waals surface area contributed by atoms with Gasteiger partial charge in [0.05, 0.1) is 5.69 Å². The van der Waals surface area contributed by atoms with E-state index in [0.717, 1.165) is 5.92 Å². The molecule has 0 bridgehead atoms. The highest BCUT2D eigenvalue weighted by Gasteiger charge is 2.23. The summed E-state index contributed by atoms with van der Waals surface area (Å²) in [6.07, 6.45) is 7.49. The van der Waals surface area contributed by atoms with Crippen LogP contribution in [0, 0.1) is 5.92 Å². The number of rotatable bonds is 4. The van der Waals surface area contributed by atoms with Crippen LogP contribution in [-0.2, 0) is 7.05 Å². The first kappa shape index (κ1) is 11.6. The van der Waals surface area contributed by atoms with Gasteiger partial charge < -0.3 is 5.32 Å². The van der Waals surface area contributed by atoms with Crippen molar-refractivity contribution in [2.45, 2.75) is 51.6 Å². The molecule has 0 radical (unpaired) electrons. The van der Waals surface area contributed by atoms with Crippen LogP contribution in [0.25, 0.3) is 0 Å². The molecule has 1 aromatic rings. The second-order valence-corrected chi connectivity index (χ2v) is 5.10. The lowest BCUT2D eigenvalue weighted by atomic mass is 9.99. The molecule has 0 saturated heterocycles. The van der Waals surface area contributed by atoms with Gasteiger partial charge in [-0.05, 0) is 38.7 Å². The van der Waals surface area contributed by atoms with E-state index >= 15 is 0 Å². The Bertz CT molecular complexity index is 326. The molecule has 90 valence electrons. The lowest BCUT2D eigenvalue weighted by Crippen LogP contribution is -2.35. The van der Waals surface area contributed by atoms with E-state index in [1.807, 2.05) is 17.9 Å². The van der Waals surface area contributed by atoms with Crippen molar-refractivity contribution in [1.29, 1.82) is 0 Å². The molecule has 0 aliphatic heterocycles. The number of nitrogens with zero attached hydrogens (tertiary/aromatic N) is 2. The molecule has 1 aliphatic carbocycles. The van der Waals surface area contributed by atoms with Crippen molar-refractivity contribution in [2.75, 3.05) is 0 Å².